The van der Waals surface area contributed by atoms with Gasteiger partial charge in [-0.1, -0.05) is 34.4 Å². The third-order valence-corrected chi connectivity index (χ3v) is 4.80. The number of aryl methyl sites for hydroxylation is 1. The minimum absolute atomic E-state index is 0.0811. The van der Waals surface area contributed by atoms with Gasteiger partial charge in [0.1, 0.15) is 0 Å². The lowest BCUT2D eigenvalue weighted by Crippen LogP contribution is -2.22. The van der Waals surface area contributed by atoms with E-state index in [0.717, 1.165) is 5.56 Å². The summed E-state index contributed by atoms with van der Waals surface area (Å²) in [5.41, 5.74) is 2.08. The van der Waals surface area contributed by atoms with Crippen LogP contribution in [0.25, 0.3) is 0 Å². The van der Waals surface area contributed by atoms with Gasteiger partial charge < -0.3 is 9.94 Å². The van der Waals surface area contributed by atoms with Gasteiger partial charge in [0.15, 0.2) is 11.4 Å². The molecule has 25 heavy (non-hydrogen) atoms. The van der Waals surface area contributed by atoms with Crippen molar-refractivity contribution in [2.45, 2.75) is 25.9 Å². The lowest BCUT2D eigenvalue weighted by Gasteiger charge is -2.22. The Kier molecular flexibility index (Phi) is 4.47. The Hall–Kier alpha value is -2.11. The second kappa shape index (κ2) is 6.32. The molecular weight excluding hydrogens is 368 g/mol. The van der Waals surface area contributed by atoms with Gasteiger partial charge in [0, 0.05) is 12.0 Å². The third kappa shape index (κ3) is 3.22. The lowest BCUT2D eigenvalue weighted by molar-refractivity contribution is -0.00742. The van der Waals surface area contributed by atoms with Crippen LogP contribution < -0.4 is 0 Å². The molecule has 4 nitrogen and oxygen atoms in total. The van der Waals surface area contributed by atoms with Gasteiger partial charge in [-0.15, -0.1) is 0 Å². The average Bonchev–Trinajstić information content (AvgIpc) is 2.95. The molecule has 0 amide bonds. The number of hydrogen-bond donors (Lipinski definition) is 1. The van der Waals surface area contributed by atoms with E-state index in [4.69, 9.17) is 33.1 Å². The van der Waals surface area contributed by atoms with Crippen molar-refractivity contribution in [3.63, 3.8) is 0 Å². The molecular formula is C18H14Cl2FNO3. The van der Waals surface area contributed by atoms with E-state index >= 15 is 0 Å². The number of carbonyl (C=O) groups is 1. The molecule has 0 radical (unpaired) electrons. The maximum Gasteiger partial charge on any atom is 0.335 e. The standard InChI is InChI=1S/C18H14Cl2FNO3/c1-9-5-10(3-4-12(9)17(23)24)15-8-18(2,25-22-15)11-6-13(19)16(21)14(20)7-11/h3-7H,8H2,1-2H3,(H,23,24)/t18-/m0/s1. The van der Waals surface area contributed by atoms with Crippen LogP contribution in [0.15, 0.2) is 35.5 Å². The fourth-order valence-electron chi connectivity index (χ4n) is 2.79. The van der Waals surface area contributed by atoms with Gasteiger partial charge in [0.2, 0.25) is 0 Å². The van der Waals surface area contributed by atoms with E-state index in [1.54, 1.807) is 19.1 Å². The van der Waals surface area contributed by atoms with Crippen LogP contribution in [-0.4, -0.2) is 16.8 Å². The predicted molar refractivity (Wildman–Crippen MR) is 94.1 cm³/mol. The molecule has 7 heteroatoms. The maximum atomic E-state index is 13.6. The van der Waals surface area contributed by atoms with Gasteiger partial charge in [-0.25, -0.2) is 9.18 Å². The molecule has 0 aromatic heterocycles. The summed E-state index contributed by atoms with van der Waals surface area (Å²) in [5, 5.41) is 13.1. The Labute approximate surface area is 153 Å². The molecule has 1 atom stereocenters. The van der Waals surface area contributed by atoms with Crippen molar-refractivity contribution < 1.29 is 19.1 Å². The summed E-state index contributed by atoms with van der Waals surface area (Å²) in [5.74, 6) is -1.65. The minimum atomic E-state index is -0.978. The van der Waals surface area contributed by atoms with Crippen LogP contribution in [0, 0.1) is 12.7 Å². The molecule has 0 fully saturated rings. The largest absolute Gasteiger partial charge is 0.478 e. The first-order valence-corrected chi connectivity index (χ1v) is 8.21. The van der Waals surface area contributed by atoms with Crippen LogP contribution >= 0.6 is 23.2 Å². The maximum absolute atomic E-state index is 13.6. The number of oxime groups is 1. The summed E-state index contributed by atoms with van der Waals surface area (Å²) < 4.78 is 13.6. The number of benzene rings is 2. The zero-order valence-electron chi connectivity index (χ0n) is 13.4. The van der Waals surface area contributed by atoms with Gasteiger partial charge >= 0.3 is 5.97 Å². The predicted octanol–water partition coefficient (Wildman–Crippen LogP) is 5.18. The van der Waals surface area contributed by atoms with Gasteiger partial charge in [-0.05, 0) is 49.2 Å². The number of nitrogens with zero attached hydrogens (tertiary/aromatic N) is 1. The molecule has 1 aliphatic heterocycles. The Bertz CT molecular complexity index is 890. The number of rotatable bonds is 3. The van der Waals surface area contributed by atoms with Crippen LogP contribution in [0.1, 0.15) is 40.4 Å². The zero-order valence-corrected chi connectivity index (χ0v) is 15.0. The summed E-state index contributed by atoms with van der Waals surface area (Å²) in [6, 6.07) is 7.92. The van der Waals surface area contributed by atoms with Gasteiger partial charge in [-0.2, -0.15) is 0 Å². The van der Waals surface area contributed by atoms with Crippen molar-refractivity contribution in [3.05, 3.63) is 68.4 Å². The third-order valence-electron chi connectivity index (χ3n) is 4.25. The molecule has 130 valence electrons. The van der Waals surface area contributed by atoms with Gasteiger partial charge in [0.05, 0.1) is 21.3 Å². The monoisotopic (exact) mass is 381 g/mol. The summed E-state index contributed by atoms with van der Waals surface area (Å²) in [7, 11) is 0. The van der Waals surface area contributed by atoms with Crippen molar-refractivity contribution in [2.75, 3.05) is 0 Å². The van der Waals surface area contributed by atoms with E-state index in [2.05, 4.69) is 5.16 Å². The normalized spacial score (nSPS) is 19.5. The van der Waals surface area contributed by atoms with E-state index in [-0.39, 0.29) is 15.6 Å². The summed E-state index contributed by atoms with van der Waals surface area (Å²) in [6.07, 6.45) is 0.414. The second-order valence-electron chi connectivity index (χ2n) is 6.13. The SMILES string of the molecule is Cc1cc(C2=NO[C@](C)(c3cc(Cl)c(F)c(Cl)c3)C2)ccc1C(=O)O. The number of aromatic carboxylic acids is 1. The first-order valence-electron chi connectivity index (χ1n) is 7.45. The topological polar surface area (TPSA) is 58.9 Å². The van der Waals surface area contributed by atoms with Crippen molar-refractivity contribution in [1.29, 1.82) is 0 Å². The Morgan fingerprint density at radius 2 is 1.92 bits per heavy atom. The van der Waals surface area contributed by atoms with Crippen LogP contribution in [0.2, 0.25) is 10.0 Å². The molecule has 1 heterocycles. The van der Waals surface area contributed by atoms with E-state index in [1.165, 1.54) is 18.2 Å². The Balaban J connectivity index is 1.90. The fourth-order valence-corrected chi connectivity index (χ4v) is 3.28. The quantitative estimate of drug-likeness (QED) is 0.745. The zero-order chi connectivity index (χ0) is 18.4. The molecule has 2 aromatic rings. The molecule has 0 spiro atoms. The smallest absolute Gasteiger partial charge is 0.335 e. The van der Waals surface area contributed by atoms with Crippen LogP contribution in [0.4, 0.5) is 4.39 Å². The van der Waals surface area contributed by atoms with E-state index in [1.807, 2.05) is 6.92 Å². The molecule has 2 aromatic carbocycles. The molecule has 1 aliphatic rings. The van der Waals surface area contributed by atoms with Gasteiger partial charge in [0.25, 0.3) is 0 Å². The van der Waals surface area contributed by atoms with Crippen LogP contribution in [0.5, 0.6) is 0 Å². The first-order chi connectivity index (χ1) is 11.7. The molecule has 1 N–H and O–H groups in total. The van der Waals surface area contributed by atoms with Crippen molar-refractivity contribution in [3.8, 4) is 0 Å². The Morgan fingerprint density at radius 1 is 1.28 bits per heavy atom. The van der Waals surface area contributed by atoms with E-state index in [0.29, 0.717) is 23.3 Å². The number of halogens is 3. The molecule has 0 unspecified atom stereocenters. The van der Waals surface area contributed by atoms with E-state index < -0.39 is 17.4 Å². The van der Waals surface area contributed by atoms with Crippen LogP contribution in [-0.2, 0) is 10.4 Å². The van der Waals surface area contributed by atoms with Crippen molar-refractivity contribution in [1.82, 2.24) is 0 Å². The number of carboxylic acid groups (broad SMARTS) is 1. The van der Waals surface area contributed by atoms with Crippen LogP contribution in [0.3, 0.4) is 0 Å². The number of hydrogen-bond acceptors (Lipinski definition) is 3. The molecule has 0 saturated carbocycles. The fraction of sp³-hybridized carbons (Fsp3) is 0.222. The highest BCUT2D eigenvalue weighted by atomic mass is 35.5. The van der Waals surface area contributed by atoms with Gasteiger partial charge in [-0.3, -0.25) is 0 Å². The number of carboxylic acids is 1. The van der Waals surface area contributed by atoms with Crippen molar-refractivity contribution in [2.24, 2.45) is 5.16 Å². The highest BCUT2D eigenvalue weighted by molar-refractivity contribution is 6.35. The molecule has 0 aliphatic carbocycles. The first kappa shape index (κ1) is 17.7. The van der Waals surface area contributed by atoms with E-state index in [9.17, 15) is 9.18 Å². The highest BCUT2D eigenvalue weighted by Crippen LogP contribution is 2.39. The molecule has 0 saturated heterocycles. The molecule has 0 bridgehead atoms. The summed E-state index contributed by atoms with van der Waals surface area (Å²) in [4.78, 5) is 16.7. The molecule has 3 rings (SSSR count). The highest BCUT2D eigenvalue weighted by Gasteiger charge is 2.37. The Morgan fingerprint density at radius 3 is 2.48 bits per heavy atom. The minimum Gasteiger partial charge on any atom is -0.478 e. The summed E-state index contributed by atoms with van der Waals surface area (Å²) >= 11 is 11.7. The average molecular weight is 382 g/mol. The second-order valence-corrected chi connectivity index (χ2v) is 6.94. The lowest BCUT2D eigenvalue weighted by atomic mass is 9.88. The van der Waals surface area contributed by atoms with Crippen molar-refractivity contribution >= 4 is 34.9 Å². The summed E-state index contributed by atoms with van der Waals surface area (Å²) in [6.45, 7) is 3.53.